The average molecular weight is 566 g/mol. The van der Waals surface area contributed by atoms with Gasteiger partial charge in [-0.2, -0.15) is 13.8 Å². The van der Waals surface area contributed by atoms with E-state index in [1.807, 2.05) is 0 Å². The van der Waals surface area contributed by atoms with E-state index in [9.17, 15) is 19.2 Å². The first-order valence-electron chi connectivity index (χ1n) is 12.4. The summed E-state index contributed by atoms with van der Waals surface area (Å²) in [5, 5.41) is 2.28. The van der Waals surface area contributed by atoms with Crippen LogP contribution in [0.4, 0.5) is 14.6 Å². The van der Waals surface area contributed by atoms with E-state index < -0.39 is 54.5 Å². The molecule has 212 valence electrons. The number of carbonyl (C=O) groups is 3. The lowest BCUT2D eigenvalue weighted by Gasteiger charge is -2.23. The first kappa shape index (κ1) is 29.0. The number of alkyl halides is 2. The number of hydrogen-bond acceptors (Lipinski definition) is 8. The van der Waals surface area contributed by atoms with E-state index in [2.05, 4.69) is 10.3 Å². The van der Waals surface area contributed by atoms with Crippen LogP contribution in [0.2, 0.25) is 0 Å². The van der Waals surface area contributed by atoms with E-state index in [1.54, 1.807) is 60.7 Å². The Morgan fingerprint density at radius 3 is 2.12 bits per heavy atom. The van der Waals surface area contributed by atoms with Crippen molar-refractivity contribution in [3.63, 3.8) is 0 Å². The van der Waals surface area contributed by atoms with Crippen molar-refractivity contribution in [3.05, 3.63) is 107 Å². The minimum absolute atomic E-state index is 0.148. The molecule has 0 bridgehead atoms. The number of amides is 1. The molecule has 1 amide bonds. The molecule has 2 aromatic carbocycles. The number of ether oxygens (including phenoxy) is 3. The number of esters is 2. The molecule has 1 N–H and O–H groups in total. The van der Waals surface area contributed by atoms with Gasteiger partial charge in [-0.3, -0.25) is 9.36 Å². The van der Waals surface area contributed by atoms with Gasteiger partial charge in [0.1, 0.15) is 18.5 Å². The van der Waals surface area contributed by atoms with E-state index >= 15 is 8.78 Å². The molecular weight excluding hydrogens is 540 g/mol. The number of nitrogens with one attached hydrogen (secondary N) is 1. The third-order valence-electron chi connectivity index (χ3n) is 5.79. The predicted octanol–water partition coefficient (Wildman–Crippen LogP) is 3.62. The van der Waals surface area contributed by atoms with Gasteiger partial charge in [-0.25, -0.2) is 14.4 Å². The molecule has 1 fully saturated rings. The van der Waals surface area contributed by atoms with Gasteiger partial charge in [0.25, 0.3) is 0 Å². The lowest BCUT2D eigenvalue weighted by molar-refractivity contribution is -0.172. The Morgan fingerprint density at radius 2 is 1.56 bits per heavy atom. The van der Waals surface area contributed by atoms with Crippen molar-refractivity contribution in [2.45, 2.75) is 31.3 Å². The number of hydrogen-bond donors (Lipinski definition) is 1. The van der Waals surface area contributed by atoms with Crippen molar-refractivity contribution in [2.75, 3.05) is 11.9 Å². The van der Waals surface area contributed by atoms with Gasteiger partial charge < -0.3 is 19.5 Å². The molecule has 0 spiro atoms. The summed E-state index contributed by atoms with van der Waals surface area (Å²) in [7, 11) is 0. The normalized spacial score (nSPS) is 19.7. The number of rotatable bonds is 9. The molecule has 0 unspecified atom stereocenters. The van der Waals surface area contributed by atoms with Gasteiger partial charge >= 0.3 is 23.6 Å². The lowest BCUT2D eigenvalue weighted by Crippen LogP contribution is -2.44. The molecule has 0 aliphatic carbocycles. The molecule has 1 saturated heterocycles. The van der Waals surface area contributed by atoms with Gasteiger partial charge in [0.15, 0.2) is 6.10 Å². The van der Waals surface area contributed by atoms with Gasteiger partial charge in [-0.15, -0.1) is 0 Å². The topological polar surface area (TPSA) is 126 Å². The second-order valence-electron chi connectivity index (χ2n) is 8.86. The fourth-order valence-corrected chi connectivity index (χ4v) is 3.92. The van der Waals surface area contributed by atoms with Gasteiger partial charge in [0.2, 0.25) is 12.1 Å². The monoisotopic (exact) mass is 565 g/mol. The highest BCUT2D eigenvalue weighted by molar-refractivity contribution is 5.88. The Hall–Kier alpha value is -4.97. The fourth-order valence-electron chi connectivity index (χ4n) is 3.92. The first-order valence-corrected chi connectivity index (χ1v) is 12.4. The Kier molecular flexibility index (Phi) is 9.15. The number of nitrogens with zero attached hydrogens (tertiary/aromatic N) is 2. The van der Waals surface area contributed by atoms with Gasteiger partial charge in [0, 0.05) is 25.3 Å². The van der Waals surface area contributed by atoms with Crippen molar-refractivity contribution in [1.82, 2.24) is 9.55 Å². The molecule has 1 aliphatic heterocycles. The standard InChI is InChI=1S/C29H25F2N3O7/c1-19(35)32-23-16-17-34(28(38)33-23)27-29(30,31)26(41-25(37)15-13-21-10-6-3-7-11-21)22(40-27)18-39-24(36)14-12-20-8-4-2-5-9-20/h2-17,22,26-27H,18H2,1H3,(H,32,33,35,38)/b14-12+,15-13+/t22-,26-,27-/m1/s1. The summed E-state index contributed by atoms with van der Waals surface area (Å²) < 4.78 is 47.5. The first-order chi connectivity index (χ1) is 19.6. The van der Waals surface area contributed by atoms with E-state index in [1.165, 1.54) is 19.1 Å². The summed E-state index contributed by atoms with van der Waals surface area (Å²) in [5.74, 6) is -6.57. The summed E-state index contributed by atoms with van der Waals surface area (Å²) in [4.78, 5) is 52.2. The van der Waals surface area contributed by atoms with Crippen molar-refractivity contribution < 1.29 is 37.4 Å². The van der Waals surface area contributed by atoms with E-state index in [0.29, 0.717) is 15.7 Å². The maximum Gasteiger partial charge on any atom is 0.351 e. The summed E-state index contributed by atoms with van der Waals surface area (Å²) >= 11 is 0. The molecule has 0 radical (unpaired) electrons. The second-order valence-corrected chi connectivity index (χ2v) is 8.86. The minimum atomic E-state index is -3.95. The third-order valence-corrected chi connectivity index (χ3v) is 5.79. The third kappa shape index (κ3) is 7.57. The Bertz CT molecular complexity index is 1510. The number of anilines is 1. The predicted molar refractivity (Wildman–Crippen MR) is 143 cm³/mol. The maximum absolute atomic E-state index is 15.7. The summed E-state index contributed by atoms with van der Waals surface area (Å²) in [5.41, 5.74) is 0.183. The summed E-state index contributed by atoms with van der Waals surface area (Å²) in [6.07, 6.45) is -0.222. The van der Waals surface area contributed by atoms with E-state index in [-0.39, 0.29) is 5.82 Å². The SMILES string of the molecule is CC(=O)Nc1ccn([C@@H]2O[C@H](COC(=O)/C=C/c3ccccc3)[C@@H](OC(=O)/C=C/c3ccccc3)C2(F)F)c(=O)n1. The molecule has 1 aromatic heterocycles. The number of carbonyl (C=O) groups excluding carboxylic acids is 3. The van der Waals surface area contributed by atoms with Crippen molar-refractivity contribution in [3.8, 4) is 0 Å². The quantitative estimate of drug-likeness (QED) is 0.308. The van der Waals surface area contributed by atoms with Crippen LogP contribution in [-0.2, 0) is 28.6 Å². The highest BCUT2D eigenvalue weighted by atomic mass is 19.3. The molecule has 12 heteroatoms. The molecule has 1 aliphatic rings. The van der Waals surface area contributed by atoms with Crippen LogP contribution in [0.15, 0.2) is 89.9 Å². The molecule has 41 heavy (non-hydrogen) atoms. The van der Waals surface area contributed by atoms with Gasteiger partial charge in [-0.1, -0.05) is 60.7 Å². The maximum atomic E-state index is 15.7. The largest absolute Gasteiger partial charge is 0.460 e. The zero-order valence-corrected chi connectivity index (χ0v) is 21.7. The molecule has 3 atom stereocenters. The zero-order valence-electron chi connectivity index (χ0n) is 21.7. The van der Waals surface area contributed by atoms with Crippen molar-refractivity contribution in [1.29, 1.82) is 0 Å². The Balaban J connectivity index is 1.54. The van der Waals surface area contributed by atoms with Crippen LogP contribution in [-0.4, -0.2) is 52.1 Å². The van der Waals surface area contributed by atoms with Gasteiger partial charge in [0.05, 0.1) is 0 Å². The van der Waals surface area contributed by atoms with Crippen LogP contribution in [0, 0.1) is 0 Å². The van der Waals surface area contributed by atoms with Gasteiger partial charge in [-0.05, 0) is 29.3 Å². The van der Waals surface area contributed by atoms with Crippen LogP contribution in [0.1, 0.15) is 24.3 Å². The second kappa shape index (κ2) is 12.9. The summed E-state index contributed by atoms with van der Waals surface area (Å²) in [6.45, 7) is 0.476. The molecule has 0 saturated carbocycles. The van der Waals surface area contributed by atoms with Crippen molar-refractivity contribution >= 4 is 35.8 Å². The molecule has 2 heterocycles. The van der Waals surface area contributed by atoms with Crippen molar-refractivity contribution in [2.24, 2.45) is 0 Å². The van der Waals surface area contributed by atoms with E-state index in [4.69, 9.17) is 14.2 Å². The number of benzene rings is 2. The van der Waals surface area contributed by atoms with Crippen LogP contribution in [0.3, 0.4) is 0 Å². The lowest BCUT2D eigenvalue weighted by atomic mass is 10.1. The van der Waals surface area contributed by atoms with E-state index in [0.717, 1.165) is 24.4 Å². The van der Waals surface area contributed by atoms with Crippen LogP contribution in [0.25, 0.3) is 12.2 Å². The zero-order chi connectivity index (χ0) is 29.4. The number of halogens is 2. The Morgan fingerprint density at radius 1 is 0.976 bits per heavy atom. The molecule has 3 aromatic rings. The number of aromatic nitrogens is 2. The van der Waals surface area contributed by atoms with Crippen LogP contribution >= 0.6 is 0 Å². The molecule has 4 rings (SSSR count). The fraction of sp³-hybridized carbons (Fsp3) is 0.207. The minimum Gasteiger partial charge on any atom is -0.460 e. The molecular formula is C29H25F2N3O7. The highest BCUT2D eigenvalue weighted by Crippen LogP contribution is 2.44. The Labute approximate surface area is 232 Å². The molecule has 10 nitrogen and oxygen atoms in total. The van der Waals surface area contributed by atoms with Crippen LogP contribution < -0.4 is 11.0 Å². The smallest absolute Gasteiger partial charge is 0.351 e. The average Bonchev–Trinajstić information content (AvgIpc) is 3.19. The highest BCUT2D eigenvalue weighted by Gasteiger charge is 2.62. The summed E-state index contributed by atoms with van der Waals surface area (Å²) in [6, 6.07) is 18.6. The van der Waals surface area contributed by atoms with Crippen LogP contribution in [0.5, 0.6) is 0 Å².